The minimum atomic E-state index is -0.935. The highest BCUT2D eigenvalue weighted by Crippen LogP contribution is 1.82. The van der Waals surface area contributed by atoms with Gasteiger partial charge in [-0.15, -0.1) is 0 Å². The van der Waals surface area contributed by atoms with Crippen LogP contribution in [-0.4, -0.2) is 45.4 Å². The van der Waals surface area contributed by atoms with E-state index in [0.29, 0.717) is 0 Å². The lowest BCUT2D eigenvalue weighted by Gasteiger charge is -1.79. The van der Waals surface area contributed by atoms with Crippen LogP contribution < -0.4 is 0 Å². The molecule has 136 valence electrons. The normalized spacial score (nSPS) is 6.91. The second kappa shape index (κ2) is 24.6. The van der Waals surface area contributed by atoms with Gasteiger partial charge in [-0.05, 0) is 20.8 Å². The number of aliphatic hydroxyl groups excluding tert-OH is 1. The van der Waals surface area contributed by atoms with Crippen LogP contribution >= 0.6 is 0 Å². The summed E-state index contributed by atoms with van der Waals surface area (Å²) in [5, 5.41) is 30.7. The molecular weight excluding hydrogens is 304 g/mol. The highest BCUT2D eigenvalue weighted by Gasteiger charge is 1.91. The van der Waals surface area contributed by atoms with Gasteiger partial charge in [-0.3, -0.25) is 0 Å². The summed E-state index contributed by atoms with van der Waals surface area (Å²) in [5.74, 6) is -2.81. The van der Waals surface area contributed by atoms with Crippen molar-refractivity contribution in [1.82, 2.24) is 0 Å². The number of carboxylic acid groups (broad SMARTS) is 3. The number of aliphatic hydroxyl groups is 1. The van der Waals surface area contributed by atoms with E-state index in [1.165, 1.54) is 27.2 Å². The van der Waals surface area contributed by atoms with Crippen molar-refractivity contribution in [3.8, 4) is 0 Å². The van der Waals surface area contributed by atoms with Gasteiger partial charge in [0, 0.05) is 23.8 Å². The number of hydrogen-bond donors (Lipinski definition) is 4. The first-order valence-electron chi connectivity index (χ1n) is 6.46. The second-order valence-corrected chi connectivity index (χ2v) is 3.96. The molecule has 7 heteroatoms. The van der Waals surface area contributed by atoms with Crippen LogP contribution in [0.4, 0.5) is 0 Å². The molecule has 0 aliphatic rings. The van der Waals surface area contributed by atoms with E-state index < -0.39 is 17.9 Å². The molecule has 0 amide bonds. The highest BCUT2D eigenvalue weighted by atomic mass is 16.4. The van der Waals surface area contributed by atoms with Gasteiger partial charge in [0.05, 0.1) is 0 Å². The smallest absolute Gasteiger partial charge is 0.330 e. The number of aliphatic carboxylic acids is 3. The van der Waals surface area contributed by atoms with Gasteiger partial charge >= 0.3 is 17.9 Å². The topological polar surface area (TPSA) is 132 Å². The lowest BCUT2D eigenvalue weighted by molar-refractivity contribution is -0.133. The molecule has 23 heavy (non-hydrogen) atoms. The Hall–Kier alpha value is -2.41. The number of carbonyl (C=O) groups is 3. The molecule has 0 unspecified atom stereocenters. The molecule has 0 saturated heterocycles. The molecule has 0 aromatic rings. The van der Waals surface area contributed by atoms with Crippen LogP contribution in [0.5, 0.6) is 0 Å². The van der Waals surface area contributed by atoms with E-state index in [9.17, 15) is 14.4 Å². The van der Waals surface area contributed by atoms with E-state index in [4.69, 9.17) is 20.4 Å². The van der Waals surface area contributed by atoms with Crippen LogP contribution in [-0.2, 0) is 14.4 Å². The first kappa shape index (κ1) is 32.5. The Morgan fingerprint density at radius 2 is 0.696 bits per heavy atom. The molecule has 7 nitrogen and oxygen atoms in total. The summed E-state index contributed by atoms with van der Waals surface area (Å²) in [6, 6.07) is 0. The van der Waals surface area contributed by atoms with Gasteiger partial charge in [-0.25, -0.2) is 14.4 Å². The van der Waals surface area contributed by atoms with Gasteiger partial charge in [-0.1, -0.05) is 40.0 Å². The summed E-state index contributed by atoms with van der Waals surface area (Å²) in [4.78, 5) is 28.8. The van der Waals surface area contributed by atoms with Gasteiger partial charge in [-0.2, -0.15) is 0 Å². The van der Waals surface area contributed by atoms with Crippen molar-refractivity contribution in [3.05, 3.63) is 36.5 Å². The predicted molar refractivity (Wildman–Crippen MR) is 91.5 cm³/mol. The van der Waals surface area contributed by atoms with E-state index in [1.54, 1.807) is 0 Å². The first-order valence-corrected chi connectivity index (χ1v) is 6.46. The molecule has 0 spiro atoms. The number of carboxylic acids is 3. The summed E-state index contributed by atoms with van der Waals surface area (Å²) in [7, 11) is 1.00. The summed E-state index contributed by atoms with van der Waals surface area (Å²) in [5.41, 5.74) is 0.528. The Bertz CT molecular complexity index is 289. The van der Waals surface area contributed by atoms with Crippen LogP contribution in [0, 0.1) is 0 Å². The third-order valence-electron chi connectivity index (χ3n) is 1.10. The predicted octanol–water partition coefficient (Wildman–Crippen LogP) is 2.97. The van der Waals surface area contributed by atoms with Crippen molar-refractivity contribution in [2.24, 2.45) is 0 Å². The fourth-order valence-corrected chi connectivity index (χ4v) is 0. The van der Waals surface area contributed by atoms with E-state index in [2.05, 4.69) is 33.6 Å². The fraction of sp³-hybridized carbons (Fsp3) is 0.438. The number of rotatable bonds is 3. The summed E-state index contributed by atoms with van der Waals surface area (Å²) < 4.78 is 0. The third-order valence-corrected chi connectivity index (χ3v) is 1.10. The minimum absolute atomic E-state index is 0.176. The van der Waals surface area contributed by atoms with Gasteiger partial charge in [0.25, 0.3) is 0 Å². The number of hydrogen-bond acceptors (Lipinski definition) is 4. The van der Waals surface area contributed by atoms with E-state index >= 15 is 0 Å². The molecule has 0 fully saturated rings. The molecule has 0 saturated carbocycles. The Morgan fingerprint density at radius 1 is 0.652 bits per heavy atom. The molecule has 4 N–H and O–H groups in total. The third kappa shape index (κ3) is 65.9. The monoisotopic (exact) mass is 334 g/mol. The van der Waals surface area contributed by atoms with Crippen molar-refractivity contribution in [3.63, 3.8) is 0 Å². The van der Waals surface area contributed by atoms with Gasteiger partial charge < -0.3 is 20.4 Å². The van der Waals surface area contributed by atoms with Crippen molar-refractivity contribution < 1.29 is 34.8 Å². The zero-order chi connectivity index (χ0) is 20.2. The van der Waals surface area contributed by atoms with Crippen LogP contribution in [0.3, 0.4) is 0 Å². The van der Waals surface area contributed by atoms with E-state index in [1.807, 2.05) is 0 Å². The molecule has 0 aliphatic carbocycles. The van der Waals surface area contributed by atoms with Crippen LogP contribution in [0.15, 0.2) is 36.5 Å². The maximum absolute atomic E-state index is 9.60. The average Bonchev–Trinajstić information content (AvgIpc) is 2.42. The van der Waals surface area contributed by atoms with Gasteiger partial charge in [0.1, 0.15) is 0 Å². The molecule has 0 aromatic heterocycles. The Balaban J connectivity index is -0.0000000618. The van der Waals surface area contributed by atoms with Crippen molar-refractivity contribution in [2.45, 2.75) is 41.0 Å². The lowest BCUT2D eigenvalue weighted by atomic mass is 10.4. The minimum Gasteiger partial charge on any atom is -0.478 e. The van der Waals surface area contributed by atoms with Crippen molar-refractivity contribution in [1.29, 1.82) is 0 Å². The van der Waals surface area contributed by atoms with Gasteiger partial charge in [0.2, 0.25) is 0 Å². The molecule has 0 radical (unpaired) electrons. The highest BCUT2D eigenvalue weighted by molar-refractivity contribution is 5.85. The molecular formula is C16H30O7. The van der Waals surface area contributed by atoms with Crippen molar-refractivity contribution in [2.75, 3.05) is 7.11 Å². The van der Waals surface area contributed by atoms with E-state index in [-0.39, 0.29) is 16.7 Å². The molecule has 0 rings (SSSR count). The van der Waals surface area contributed by atoms with Crippen LogP contribution in [0.2, 0.25) is 0 Å². The average molecular weight is 334 g/mol. The zero-order valence-electron chi connectivity index (χ0n) is 14.8. The van der Waals surface area contributed by atoms with Crippen LogP contribution in [0.1, 0.15) is 41.0 Å². The summed E-state index contributed by atoms with van der Waals surface area (Å²) >= 11 is 0. The molecule has 0 bridgehead atoms. The molecule has 0 atom stereocenters. The maximum atomic E-state index is 9.60. The first-order chi connectivity index (χ1) is 10.3. The molecule has 0 aromatic carbocycles. The maximum Gasteiger partial charge on any atom is 0.330 e. The largest absolute Gasteiger partial charge is 0.478 e. The SMILES string of the molecule is C=C(C)C(=O)O.C=C(C)C(=O)O.C=C(C)C(=O)O.CCC.CO. The quantitative estimate of drug-likeness (QED) is 0.583. The van der Waals surface area contributed by atoms with Crippen molar-refractivity contribution >= 4 is 17.9 Å². The van der Waals surface area contributed by atoms with Crippen LogP contribution in [0.25, 0.3) is 0 Å². The molecule has 0 aliphatic heterocycles. The molecule has 0 heterocycles. The van der Waals surface area contributed by atoms with E-state index in [0.717, 1.165) is 7.11 Å². The zero-order valence-corrected chi connectivity index (χ0v) is 14.8. The Labute approximate surface area is 138 Å². The Morgan fingerprint density at radius 3 is 0.696 bits per heavy atom. The second-order valence-electron chi connectivity index (χ2n) is 3.96. The summed E-state index contributed by atoms with van der Waals surface area (Å²) in [6.07, 6.45) is 1.25. The standard InChI is InChI=1S/3C4H6O2.C3H8.CH4O/c3*1-3(2)4(5)6;1-3-2;1-2/h3*1H2,2H3,(H,5,6);3H2,1-2H3;2H,1H3. The fourth-order valence-electron chi connectivity index (χ4n) is 0. The summed E-state index contributed by atoms with van der Waals surface area (Å²) in [6.45, 7) is 18.1. The Kier molecular flexibility index (Phi) is 34.8. The lowest BCUT2D eigenvalue weighted by Crippen LogP contribution is -1.92. The van der Waals surface area contributed by atoms with Gasteiger partial charge in [0.15, 0.2) is 0 Å².